The van der Waals surface area contributed by atoms with E-state index in [1.165, 1.54) is 0 Å². The van der Waals surface area contributed by atoms with Gasteiger partial charge in [0.25, 0.3) is 0 Å². The maximum atomic E-state index is 11.8. The minimum absolute atomic E-state index is 0.0799. The van der Waals surface area contributed by atoms with Crippen LogP contribution in [0, 0.1) is 0 Å². The number of nitrogens with zero attached hydrogens (tertiary/aromatic N) is 1. The van der Waals surface area contributed by atoms with Gasteiger partial charge in [-0.1, -0.05) is 0 Å². The highest BCUT2D eigenvalue weighted by molar-refractivity contribution is 5.99. The van der Waals surface area contributed by atoms with Crippen LogP contribution in [0.15, 0.2) is 0 Å². The van der Waals surface area contributed by atoms with Gasteiger partial charge in [0.1, 0.15) is 6.54 Å². The van der Waals surface area contributed by atoms with Crippen LogP contribution in [0.4, 0.5) is 4.79 Å². The molecular weight excluding hydrogens is 336 g/mol. The molecule has 0 bridgehead atoms. The molecule has 144 valence electrons. The van der Waals surface area contributed by atoms with E-state index in [9.17, 15) is 19.2 Å². The first-order valence-electron chi connectivity index (χ1n) is 8.07. The van der Waals surface area contributed by atoms with Crippen LogP contribution in [0.1, 0.15) is 27.2 Å². The number of rotatable bonds is 12. The lowest BCUT2D eigenvalue weighted by Gasteiger charge is -2.20. The molecule has 10 nitrogen and oxygen atoms in total. The molecular formula is C15H26N2O8. The molecule has 0 aliphatic rings. The van der Waals surface area contributed by atoms with E-state index in [1.54, 1.807) is 20.8 Å². The first-order valence-corrected chi connectivity index (χ1v) is 8.07. The van der Waals surface area contributed by atoms with E-state index < -0.39 is 36.6 Å². The zero-order valence-corrected chi connectivity index (χ0v) is 14.8. The maximum absolute atomic E-state index is 11.8. The number of ether oxygens (including phenoxy) is 3. The van der Waals surface area contributed by atoms with Crippen molar-refractivity contribution in [1.82, 2.24) is 10.2 Å². The molecule has 0 saturated carbocycles. The molecule has 25 heavy (non-hydrogen) atoms. The molecule has 0 aromatic carbocycles. The predicted octanol–water partition coefficient (Wildman–Crippen LogP) is 0.00400. The Labute approximate surface area is 146 Å². The summed E-state index contributed by atoms with van der Waals surface area (Å²) in [5, 5.41) is 11.5. The summed E-state index contributed by atoms with van der Waals surface area (Å²) in [4.78, 5) is 47.0. The minimum Gasteiger partial charge on any atom is -0.480 e. The second-order valence-electron chi connectivity index (χ2n) is 4.76. The van der Waals surface area contributed by atoms with E-state index in [2.05, 4.69) is 5.32 Å². The van der Waals surface area contributed by atoms with Crippen molar-refractivity contribution in [3.63, 3.8) is 0 Å². The van der Waals surface area contributed by atoms with Crippen LogP contribution in [0.5, 0.6) is 0 Å². The zero-order valence-electron chi connectivity index (χ0n) is 14.8. The molecule has 0 spiro atoms. The highest BCUT2D eigenvalue weighted by atomic mass is 16.6. The number of carbonyl (C=O) groups excluding carboxylic acids is 3. The number of nitrogens with one attached hydrogen (secondary N) is 1. The van der Waals surface area contributed by atoms with Crippen LogP contribution in [-0.4, -0.2) is 79.5 Å². The fourth-order valence-corrected chi connectivity index (χ4v) is 1.84. The average Bonchev–Trinajstić information content (AvgIpc) is 2.53. The quantitative estimate of drug-likeness (QED) is 0.213. The average molecular weight is 362 g/mol. The van der Waals surface area contributed by atoms with Crippen molar-refractivity contribution in [2.75, 3.05) is 39.5 Å². The Balaban J connectivity index is 4.57. The molecule has 0 heterocycles. The molecule has 0 aliphatic carbocycles. The monoisotopic (exact) mass is 362 g/mol. The molecule has 0 aromatic rings. The highest BCUT2D eigenvalue weighted by Gasteiger charge is 2.29. The Kier molecular flexibility index (Phi) is 11.8. The fraction of sp³-hybridized carbons (Fsp3) is 0.733. The van der Waals surface area contributed by atoms with Gasteiger partial charge in [-0.15, -0.1) is 0 Å². The third-order valence-corrected chi connectivity index (χ3v) is 2.85. The van der Waals surface area contributed by atoms with Crippen LogP contribution in [0.2, 0.25) is 0 Å². The summed E-state index contributed by atoms with van der Waals surface area (Å²) in [6.45, 7) is 4.94. The summed E-state index contributed by atoms with van der Waals surface area (Å²) in [7, 11) is 0. The first kappa shape index (κ1) is 22.6. The van der Waals surface area contributed by atoms with E-state index in [4.69, 9.17) is 19.3 Å². The second kappa shape index (κ2) is 13.0. The molecule has 2 N–H and O–H groups in total. The lowest BCUT2D eigenvalue weighted by Crippen LogP contribution is -2.46. The third-order valence-electron chi connectivity index (χ3n) is 2.85. The van der Waals surface area contributed by atoms with Gasteiger partial charge in [-0.3, -0.25) is 15.0 Å². The summed E-state index contributed by atoms with van der Waals surface area (Å²) >= 11 is 0. The molecule has 0 saturated heterocycles. The van der Waals surface area contributed by atoms with Gasteiger partial charge in [-0.25, -0.2) is 14.4 Å². The Hall–Kier alpha value is -2.36. The SMILES string of the molecule is CCOC(=O)C(NCCCN(CC(=O)O)C(=O)OCC)C(=O)OCC. The van der Waals surface area contributed by atoms with Crippen LogP contribution in [0.25, 0.3) is 0 Å². The number of carbonyl (C=O) groups is 4. The minimum atomic E-state index is -1.27. The fourth-order valence-electron chi connectivity index (χ4n) is 1.84. The van der Waals surface area contributed by atoms with Gasteiger partial charge in [0.05, 0.1) is 19.8 Å². The molecule has 0 unspecified atom stereocenters. The Morgan fingerprint density at radius 2 is 1.48 bits per heavy atom. The Morgan fingerprint density at radius 3 is 1.92 bits per heavy atom. The van der Waals surface area contributed by atoms with E-state index in [1.807, 2.05) is 0 Å². The normalized spacial score (nSPS) is 10.2. The van der Waals surface area contributed by atoms with Crippen LogP contribution in [-0.2, 0) is 28.6 Å². The summed E-state index contributed by atoms with van der Waals surface area (Å²) in [5.41, 5.74) is 0. The summed E-state index contributed by atoms with van der Waals surface area (Å²) < 4.78 is 14.4. The smallest absolute Gasteiger partial charge is 0.410 e. The van der Waals surface area contributed by atoms with E-state index in [0.29, 0.717) is 6.42 Å². The van der Waals surface area contributed by atoms with Crippen LogP contribution >= 0.6 is 0 Å². The van der Waals surface area contributed by atoms with Crippen molar-refractivity contribution in [1.29, 1.82) is 0 Å². The number of aliphatic carboxylic acids is 1. The van der Waals surface area contributed by atoms with E-state index >= 15 is 0 Å². The maximum Gasteiger partial charge on any atom is 0.410 e. The van der Waals surface area contributed by atoms with Crippen molar-refractivity contribution in [3.05, 3.63) is 0 Å². The van der Waals surface area contributed by atoms with Gasteiger partial charge in [-0.2, -0.15) is 0 Å². The largest absolute Gasteiger partial charge is 0.480 e. The van der Waals surface area contributed by atoms with Gasteiger partial charge < -0.3 is 19.3 Å². The summed E-state index contributed by atoms with van der Waals surface area (Å²) in [6, 6.07) is -1.27. The number of carboxylic acid groups (broad SMARTS) is 1. The number of carboxylic acids is 1. The van der Waals surface area contributed by atoms with Gasteiger partial charge in [-0.05, 0) is 33.7 Å². The van der Waals surface area contributed by atoms with E-state index in [-0.39, 0.29) is 32.9 Å². The molecule has 0 atom stereocenters. The van der Waals surface area contributed by atoms with Crippen molar-refractivity contribution in [3.8, 4) is 0 Å². The summed E-state index contributed by atoms with van der Waals surface area (Å²) in [5.74, 6) is -2.68. The topological polar surface area (TPSA) is 131 Å². The number of esters is 2. The molecule has 10 heteroatoms. The highest BCUT2D eigenvalue weighted by Crippen LogP contribution is 1.99. The predicted molar refractivity (Wildman–Crippen MR) is 85.9 cm³/mol. The number of amides is 1. The molecule has 0 rings (SSSR count). The van der Waals surface area contributed by atoms with Crippen molar-refractivity contribution in [2.45, 2.75) is 33.2 Å². The van der Waals surface area contributed by atoms with Crippen molar-refractivity contribution in [2.24, 2.45) is 0 Å². The van der Waals surface area contributed by atoms with E-state index in [0.717, 1.165) is 4.90 Å². The van der Waals surface area contributed by atoms with Crippen molar-refractivity contribution < 1.29 is 38.5 Å². The first-order chi connectivity index (χ1) is 11.9. The Morgan fingerprint density at radius 1 is 0.960 bits per heavy atom. The molecule has 0 aromatic heterocycles. The number of hydrogen-bond acceptors (Lipinski definition) is 8. The van der Waals surface area contributed by atoms with Gasteiger partial charge in [0.2, 0.25) is 6.04 Å². The number of hydrogen-bond donors (Lipinski definition) is 2. The standard InChI is InChI=1S/C15H26N2O8/c1-4-23-13(20)12(14(21)24-5-2)16-8-7-9-17(10-11(18)19)15(22)25-6-3/h12,16H,4-10H2,1-3H3,(H,18,19). The van der Waals surface area contributed by atoms with Crippen molar-refractivity contribution >= 4 is 24.0 Å². The second-order valence-corrected chi connectivity index (χ2v) is 4.76. The zero-order chi connectivity index (χ0) is 19.2. The van der Waals surface area contributed by atoms with Gasteiger partial charge in [0, 0.05) is 6.54 Å². The van der Waals surface area contributed by atoms with Gasteiger partial charge in [0.15, 0.2) is 0 Å². The molecule has 0 aliphatic heterocycles. The molecule has 1 amide bonds. The lowest BCUT2D eigenvalue weighted by atomic mass is 10.2. The van der Waals surface area contributed by atoms with Crippen LogP contribution < -0.4 is 5.32 Å². The van der Waals surface area contributed by atoms with Gasteiger partial charge >= 0.3 is 24.0 Å². The molecule has 0 fully saturated rings. The van der Waals surface area contributed by atoms with Crippen LogP contribution in [0.3, 0.4) is 0 Å². The Bertz CT molecular complexity index is 437. The molecule has 0 radical (unpaired) electrons. The summed E-state index contributed by atoms with van der Waals surface area (Å²) in [6.07, 6.45) is -0.446. The lowest BCUT2D eigenvalue weighted by molar-refractivity contribution is -0.158. The third kappa shape index (κ3) is 9.50.